The van der Waals surface area contributed by atoms with Crippen molar-refractivity contribution in [2.45, 2.75) is 6.42 Å². The van der Waals surface area contributed by atoms with Gasteiger partial charge in [0.1, 0.15) is 0 Å². The van der Waals surface area contributed by atoms with Gasteiger partial charge in [-0.05, 0) is 30.2 Å². The second kappa shape index (κ2) is 3.99. The fraction of sp³-hybridized carbons (Fsp3) is 0.0625. The molecule has 1 aromatic rings. The number of hydrogen-bond acceptors (Lipinski definition) is 3. The van der Waals surface area contributed by atoms with Crippen molar-refractivity contribution in [1.82, 2.24) is 0 Å². The molecule has 0 spiro atoms. The van der Waals surface area contributed by atoms with Gasteiger partial charge in [0.15, 0.2) is 0 Å². The molecule has 0 fully saturated rings. The van der Waals surface area contributed by atoms with Crippen LogP contribution in [0.15, 0.2) is 74.3 Å². The van der Waals surface area contributed by atoms with Gasteiger partial charge in [-0.25, -0.2) is 4.99 Å². The van der Waals surface area contributed by atoms with Crippen LogP contribution < -0.4 is 0 Å². The molecule has 3 aliphatic rings. The van der Waals surface area contributed by atoms with Crippen LogP contribution in [0.5, 0.6) is 0 Å². The lowest BCUT2D eigenvalue weighted by Crippen LogP contribution is -2.05. The van der Waals surface area contributed by atoms with E-state index in [9.17, 15) is 0 Å². The fourth-order valence-electron chi connectivity index (χ4n) is 2.44. The Balaban J connectivity index is 1.91. The zero-order valence-electron chi connectivity index (χ0n) is 10.2. The predicted molar refractivity (Wildman–Crippen MR) is 79.0 cm³/mol. The number of allylic oxidation sites excluding steroid dienone is 5. The summed E-state index contributed by atoms with van der Waals surface area (Å²) in [6, 6.07) is 7.88. The molecular weight excluding hydrogens is 234 g/mol. The molecule has 4 rings (SSSR count). The van der Waals surface area contributed by atoms with Gasteiger partial charge in [0.25, 0.3) is 0 Å². The molecular formula is C16H11N3. The first-order valence-electron chi connectivity index (χ1n) is 6.28. The lowest BCUT2D eigenvalue weighted by molar-refractivity contribution is 1.18. The molecule has 0 atom stereocenters. The maximum atomic E-state index is 4.62. The van der Waals surface area contributed by atoms with E-state index in [-0.39, 0.29) is 0 Å². The van der Waals surface area contributed by atoms with Crippen molar-refractivity contribution >= 4 is 29.5 Å². The topological polar surface area (TPSA) is 37.1 Å². The van der Waals surface area contributed by atoms with Crippen molar-refractivity contribution in [3.63, 3.8) is 0 Å². The van der Waals surface area contributed by atoms with Crippen molar-refractivity contribution < 1.29 is 0 Å². The van der Waals surface area contributed by atoms with Gasteiger partial charge in [0.05, 0.1) is 29.0 Å². The van der Waals surface area contributed by atoms with Gasteiger partial charge in [0, 0.05) is 11.8 Å². The van der Waals surface area contributed by atoms with Crippen LogP contribution in [0.1, 0.15) is 6.42 Å². The van der Waals surface area contributed by atoms with Crippen LogP contribution in [0.25, 0.3) is 0 Å². The van der Waals surface area contributed by atoms with E-state index >= 15 is 0 Å². The average Bonchev–Trinajstić information content (AvgIpc) is 2.78. The quantitative estimate of drug-likeness (QED) is 0.668. The second-order valence-electron chi connectivity index (χ2n) is 4.58. The third-order valence-corrected chi connectivity index (χ3v) is 3.40. The van der Waals surface area contributed by atoms with Crippen molar-refractivity contribution in [3.05, 3.63) is 59.3 Å². The lowest BCUT2D eigenvalue weighted by atomic mass is 9.99. The molecule has 0 bridgehead atoms. The van der Waals surface area contributed by atoms with Crippen LogP contribution in [-0.4, -0.2) is 18.1 Å². The molecule has 0 saturated heterocycles. The lowest BCUT2D eigenvalue weighted by Gasteiger charge is -2.07. The van der Waals surface area contributed by atoms with Gasteiger partial charge < -0.3 is 0 Å². The van der Waals surface area contributed by atoms with Crippen LogP contribution in [0, 0.1) is 0 Å². The Labute approximate surface area is 111 Å². The highest BCUT2D eigenvalue weighted by Crippen LogP contribution is 2.33. The van der Waals surface area contributed by atoms with Crippen molar-refractivity contribution in [2.75, 3.05) is 0 Å². The second-order valence-corrected chi connectivity index (χ2v) is 4.58. The Hall–Kier alpha value is -2.55. The molecule has 0 radical (unpaired) electrons. The molecule has 2 heterocycles. The van der Waals surface area contributed by atoms with Gasteiger partial charge in [0.2, 0.25) is 0 Å². The minimum Gasteiger partial charge on any atom is -0.254 e. The number of nitrogens with zero attached hydrogens (tertiary/aromatic N) is 3. The van der Waals surface area contributed by atoms with Crippen LogP contribution in [-0.2, 0) is 0 Å². The molecule has 90 valence electrons. The van der Waals surface area contributed by atoms with Gasteiger partial charge in [-0.1, -0.05) is 24.3 Å². The molecule has 3 heteroatoms. The molecule has 0 amide bonds. The number of aliphatic imine (C=N–C) groups is 3. The molecule has 2 aliphatic heterocycles. The minimum absolute atomic E-state index is 0.882. The third-order valence-electron chi connectivity index (χ3n) is 3.40. The zero-order valence-corrected chi connectivity index (χ0v) is 10.2. The van der Waals surface area contributed by atoms with E-state index in [1.807, 2.05) is 48.8 Å². The average molecular weight is 245 g/mol. The third kappa shape index (κ3) is 1.63. The normalized spacial score (nSPS) is 19.2. The van der Waals surface area contributed by atoms with E-state index < -0.39 is 0 Å². The Morgan fingerprint density at radius 2 is 1.74 bits per heavy atom. The monoisotopic (exact) mass is 245 g/mol. The summed E-state index contributed by atoms with van der Waals surface area (Å²) in [6.45, 7) is 0. The minimum atomic E-state index is 0.882. The van der Waals surface area contributed by atoms with E-state index in [1.54, 1.807) is 0 Å². The van der Waals surface area contributed by atoms with E-state index in [2.05, 4.69) is 21.1 Å². The predicted octanol–water partition coefficient (Wildman–Crippen LogP) is 3.70. The Morgan fingerprint density at radius 1 is 0.947 bits per heavy atom. The first kappa shape index (κ1) is 10.4. The van der Waals surface area contributed by atoms with Gasteiger partial charge in [-0.3, -0.25) is 9.98 Å². The highest BCUT2D eigenvalue weighted by molar-refractivity contribution is 6.46. The molecule has 0 unspecified atom stereocenters. The number of rotatable bonds is 0. The summed E-state index contributed by atoms with van der Waals surface area (Å²) in [5.41, 5.74) is 6.06. The van der Waals surface area contributed by atoms with Gasteiger partial charge in [-0.15, -0.1) is 0 Å². The molecule has 0 N–H and O–H groups in total. The Kier molecular flexibility index (Phi) is 2.18. The van der Waals surface area contributed by atoms with E-state index in [0.717, 1.165) is 34.8 Å². The highest BCUT2D eigenvalue weighted by Gasteiger charge is 2.22. The van der Waals surface area contributed by atoms with Crippen LogP contribution in [0.3, 0.4) is 0 Å². The summed E-state index contributed by atoms with van der Waals surface area (Å²) in [7, 11) is 0. The zero-order chi connectivity index (χ0) is 12.7. The smallest absolute Gasteiger partial charge is 0.0911 e. The van der Waals surface area contributed by atoms with Crippen molar-refractivity contribution in [3.8, 4) is 0 Å². The Morgan fingerprint density at radius 3 is 2.58 bits per heavy atom. The molecule has 0 saturated carbocycles. The summed E-state index contributed by atoms with van der Waals surface area (Å²) in [5, 5.41) is 0. The largest absolute Gasteiger partial charge is 0.254 e. The van der Waals surface area contributed by atoms with Crippen LogP contribution in [0.2, 0.25) is 0 Å². The fourth-order valence-corrected chi connectivity index (χ4v) is 2.44. The SMILES string of the molecule is C1=CCC2=C3C=Nc4ccccc4N=CC3=NC2=C1. The molecule has 3 nitrogen and oxygen atoms in total. The van der Waals surface area contributed by atoms with Gasteiger partial charge in [-0.2, -0.15) is 0 Å². The molecule has 0 aromatic heterocycles. The molecule has 19 heavy (non-hydrogen) atoms. The number of fused-ring (bicyclic) bond motifs is 3. The maximum absolute atomic E-state index is 4.62. The molecule has 1 aliphatic carbocycles. The summed E-state index contributed by atoms with van der Waals surface area (Å²) in [4.78, 5) is 13.7. The first-order chi connectivity index (χ1) is 9.42. The van der Waals surface area contributed by atoms with E-state index in [4.69, 9.17) is 0 Å². The number of para-hydroxylation sites is 2. The maximum Gasteiger partial charge on any atom is 0.0911 e. The first-order valence-corrected chi connectivity index (χ1v) is 6.28. The number of benzene rings is 1. The standard InChI is InChI=1S/C16H11N3/c1-2-6-13-11(5-1)12-9-17-14-7-3-4-8-15(14)18-10-16(12)19-13/h1-4,6-10H,5H2. The van der Waals surface area contributed by atoms with Gasteiger partial charge >= 0.3 is 0 Å². The van der Waals surface area contributed by atoms with Crippen molar-refractivity contribution in [2.24, 2.45) is 15.0 Å². The number of hydrogen-bond donors (Lipinski definition) is 0. The Bertz CT molecular complexity index is 743. The summed E-state index contributed by atoms with van der Waals surface area (Å²) < 4.78 is 0. The van der Waals surface area contributed by atoms with Crippen molar-refractivity contribution in [1.29, 1.82) is 0 Å². The van der Waals surface area contributed by atoms with E-state index in [0.29, 0.717) is 0 Å². The van der Waals surface area contributed by atoms with Crippen LogP contribution >= 0.6 is 0 Å². The molecule has 1 aromatic carbocycles. The highest BCUT2D eigenvalue weighted by atomic mass is 14.9. The summed E-state index contributed by atoms with van der Waals surface area (Å²) in [5.74, 6) is 0. The summed E-state index contributed by atoms with van der Waals surface area (Å²) in [6.07, 6.45) is 10.9. The van der Waals surface area contributed by atoms with Crippen LogP contribution in [0.4, 0.5) is 11.4 Å². The summed E-state index contributed by atoms with van der Waals surface area (Å²) >= 11 is 0. The van der Waals surface area contributed by atoms with E-state index in [1.165, 1.54) is 5.57 Å².